The van der Waals surface area contributed by atoms with Gasteiger partial charge < -0.3 is 156 Å². The highest BCUT2D eigenvalue weighted by Crippen LogP contribution is 2.46. The maximum absolute atomic E-state index is 12.3. The van der Waals surface area contributed by atoms with Crippen molar-refractivity contribution >= 4 is 65.9 Å². The highest BCUT2D eigenvalue weighted by atomic mass is 16.5. The monoisotopic (exact) mass is 1970 g/mol. The average Bonchev–Trinajstić information content (AvgIpc) is 1.70. The number of hydrogen-bond acceptors (Lipinski definition) is 29. The molecule has 14 atom stereocenters. The number of hydrogen-bond donors (Lipinski definition) is 11. The summed E-state index contributed by atoms with van der Waals surface area (Å²) in [6.45, 7) is 11.0. The molecule has 0 aromatic carbocycles. The second-order valence-corrected chi connectivity index (χ2v) is 39.9. The Kier molecular flexibility index (Phi) is 30.8. The summed E-state index contributed by atoms with van der Waals surface area (Å²) in [7, 11) is 13.1. The van der Waals surface area contributed by atoms with Crippen molar-refractivity contribution < 1.29 is 70.0 Å². The molecule has 0 spiro atoms. The van der Waals surface area contributed by atoms with E-state index in [1.165, 1.54) is 0 Å². The van der Waals surface area contributed by atoms with E-state index in [9.17, 15) is 38.4 Å². The maximum atomic E-state index is 12.3. The first-order chi connectivity index (χ1) is 68.4. The number of fused-ring (bicyclic) bond motifs is 14. The van der Waals surface area contributed by atoms with E-state index in [1.807, 2.05) is 138 Å². The van der Waals surface area contributed by atoms with Crippen LogP contribution < -0.4 is 50.8 Å². The largest absolute Gasteiger partial charge is 0.388 e. The highest BCUT2D eigenvalue weighted by molar-refractivity contribution is 5.91. The van der Waals surface area contributed by atoms with Crippen molar-refractivity contribution in [3.05, 3.63) is 123 Å². The Morgan fingerprint density at radius 2 is 0.683 bits per heavy atom. The zero-order valence-corrected chi connectivity index (χ0v) is 82.1. The number of urea groups is 7. The number of nitrogens with one attached hydrogen (secondary N) is 4. The van der Waals surface area contributed by atoms with Crippen molar-refractivity contribution in [3.8, 4) is 0 Å². The fourth-order valence-electron chi connectivity index (χ4n) is 22.8. The van der Waals surface area contributed by atoms with E-state index in [4.69, 9.17) is 82.6 Å². The third-order valence-electron chi connectivity index (χ3n) is 31.4. The van der Waals surface area contributed by atoms with Gasteiger partial charge in [-0.15, -0.1) is 0 Å². The average molecular weight is 1970 g/mol. The molecule has 0 aliphatic carbocycles. The van der Waals surface area contributed by atoms with Crippen LogP contribution in [0.4, 0.5) is 33.6 Å². The first kappa shape index (κ1) is 100. The van der Waals surface area contributed by atoms with Gasteiger partial charge in [-0.2, -0.15) is 0 Å². The molecule has 16 aliphatic heterocycles. The van der Waals surface area contributed by atoms with Gasteiger partial charge in [0.15, 0.2) is 23.4 Å². The van der Waals surface area contributed by atoms with E-state index >= 15 is 0 Å². The van der Waals surface area contributed by atoms with E-state index < -0.39 is 0 Å². The van der Waals surface area contributed by atoms with Gasteiger partial charge in [-0.1, -0.05) is 36.1 Å². The Bertz CT molecular complexity index is 5630. The zero-order chi connectivity index (χ0) is 100. The molecule has 49 nitrogen and oxygen atoms in total. The number of aromatic nitrogens is 7. The number of amides is 15. The second-order valence-electron chi connectivity index (χ2n) is 39.9. The molecule has 23 heterocycles. The number of nitrogens with zero attached hydrogens (tertiary/aromatic N) is 23. The van der Waals surface area contributed by atoms with Crippen LogP contribution in [-0.4, -0.2) is 359 Å². The van der Waals surface area contributed by atoms with Gasteiger partial charge in [0.1, 0.15) is 69.4 Å². The van der Waals surface area contributed by atoms with Crippen LogP contribution in [0.25, 0.3) is 0 Å². The van der Waals surface area contributed by atoms with Crippen molar-refractivity contribution in [2.24, 2.45) is 45.1 Å². The smallest absolute Gasteiger partial charge is 0.320 e. The van der Waals surface area contributed by atoms with Gasteiger partial charge in [0.2, 0.25) is 5.76 Å². The SMILES string of the molecule is CN1C(=O)N2C[C@H]1CC[C@H]2c1cc(C(=O)NCCN)on1.CN1C(=O)N2C[C@H]1CC[C@H]2c1cc(C2CCN(C(=N)N)CC2)on1.CN1C(=O)N2C[C@H]1CC[C@H]2c1cc(C2CCNCC2)on1.CN1C(=O)N2C[C@H]1CC[C@H]2c1cc(CCCC(=N)N)on1.CN1C(=O)N2C[C@H]1CC[C@H]2c1cc(CCN)on1.CN1C(=O)N2C[C@H]1CC[C@H]2c1cc(CN)on1.CN1C(=O)N2C[C@H]1CC[C@H]2c1cc(CN=C(N)N)on1. The lowest BCUT2D eigenvalue weighted by Gasteiger charge is -2.31. The third kappa shape index (κ3) is 21.3. The molecule has 0 saturated carbocycles. The summed E-state index contributed by atoms with van der Waals surface area (Å²) < 4.78 is 37.2. The topological polar surface area (TPSA) is 634 Å². The van der Waals surface area contributed by atoms with Crippen LogP contribution in [0.5, 0.6) is 0 Å². The van der Waals surface area contributed by atoms with Crippen molar-refractivity contribution in [2.75, 3.05) is 141 Å². The number of carbonyl (C=O) groups is 8. The number of amidine groups is 1. The maximum Gasteiger partial charge on any atom is 0.320 e. The van der Waals surface area contributed by atoms with Crippen LogP contribution in [-0.2, 0) is 25.9 Å². The van der Waals surface area contributed by atoms with Crippen molar-refractivity contribution in [3.63, 3.8) is 0 Å². The van der Waals surface area contributed by atoms with Crippen LogP contribution in [0.15, 0.2) is 79.1 Å². The fourth-order valence-corrected chi connectivity index (χ4v) is 22.8. The van der Waals surface area contributed by atoms with Crippen LogP contribution in [0, 0.1) is 10.8 Å². The van der Waals surface area contributed by atoms with E-state index in [0.29, 0.717) is 111 Å². The summed E-state index contributed by atoms with van der Waals surface area (Å²) in [5, 5.41) is 49.5. The van der Waals surface area contributed by atoms with E-state index in [0.717, 1.165) is 251 Å². The molecule has 18 N–H and O–H groups in total. The minimum absolute atomic E-state index is 0.0135. The summed E-state index contributed by atoms with van der Waals surface area (Å²) in [4.78, 5) is 129. The van der Waals surface area contributed by atoms with Crippen molar-refractivity contribution in [1.82, 2.24) is 120 Å². The molecule has 0 radical (unpaired) electrons. The van der Waals surface area contributed by atoms with Gasteiger partial charge in [-0.3, -0.25) is 15.6 Å². The van der Waals surface area contributed by atoms with Gasteiger partial charge in [0.05, 0.1) is 97.0 Å². The summed E-state index contributed by atoms with van der Waals surface area (Å²) in [5.41, 5.74) is 43.5. The van der Waals surface area contributed by atoms with E-state index in [1.54, 1.807) is 20.8 Å². The fraction of sp³-hybridized carbons (Fsp3) is 0.656. The van der Waals surface area contributed by atoms with Gasteiger partial charge in [-0.05, 0) is 142 Å². The number of guanidine groups is 2. The van der Waals surface area contributed by atoms with Gasteiger partial charge in [-0.25, -0.2) is 38.6 Å². The zero-order valence-electron chi connectivity index (χ0n) is 82.1. The Labute approximate surface area is 822 Å². The first-order valence-electron chi connectivity index (χ1n) is 49.9. The predicted molar refractivity (Wildman–Crippen MR) is 512 cm³/mol. The molecule has 16 fully saturated rings. The Morgan fingerprint density at radius 3 is 1.01 bits per heavy atom. The van der Waals surface area contributed by atoms with Crippen LogP contribution in [0.2, 0.25) is 0 Å². The lowest BCUT2D eigenvalue weighted by atomic mass is 9.93. The number of aliphatic imine (C=N–C) groups is 1. The molecule has 16 aliphatic rings. The third-order valence-corrected chi connectivity index (χ3v) is 31.4. The number of nitrogens with two attached hydrogens (primary N) is 7. The van der Waals surface area contributed by atoms with Crippen LogP contribution >= 0.6 is 0 Å². The predicted octanol–water partition coefficient (Wildman–Crippen LogP) is 5.94. The molecular weight excluding hydrogens is 1830 g/mol. The first-order valence-corrected chi connectivity index (χ1v) is 49.9. The molecule has 7 aromatic heterocycles. The van der Waals surface area contributed by atoms with Gasteiger partial charge in [0, 0.05) is 195 Å². The molecule has 770 valence electrons. The second kappa shape index (κ2) is 43.6. The van der Waals surface area contributed by atoms with Gasteiger partial charge in [0.25, 0.3) is 5.91 Å². The molecule has 49 heteroatoms. The lowest BCUT2D eigenvalue weighted by molar-refractivity contribution is 0.0916. The van der Waals surface area contributed by atoms with Crippen molar-refractivity contribution in [1.29, 1.82) is 10.8 Å². The van der Waals surface area contributed by atoms with E-state index in [2.05, 4.69) is 57.8 Å². The van der Waals surface area contributed by atoms with Crippen LogP contribution in [0.1, 0.15) is 268 Å². The van der Waals surface area contributed by atoms with Gasteiger partial charge >= 0.3 is 42.2 Å². The minimum atomic E-state index is -0.335. The number of likely N-dealkylation sites (N-methyl/N-ethyl adjacent to an activating group) is 7. The highest BCUT2D eigenvalue weighted by Gasteiger charge is 2.52. The lowest BCUT2D eigenvalue weighted by Crippen LogP contribution is -2.41. The standard InChI is InChI=1S/C16H24N6O2.C15H22N4O2.C14H21N5O2.C13H19N5O3.C12H18N6O2.C12H18N4O2.C11H16N4O2/c1-20-11-2-3-13(22(9-11)16(20)23)12-8-14(24-19-12)10-4-6-21(7-5-10)15(17)18;1-18-11-2-3-13(19(9-11)15(18)20)12-8-14(21-17-12)10-4-6-16-7-5-10;1-18-9-5-6-12(19(8-9)14(18)20)11-7-10(21-17-11)3-2-4-13(15)16;1-17-8-2-3-10(18(7-8)13(17)20)9-6-11(21-16-9)12(19)15-5-4-14;1-17-7-2-3-10(18(6-7)12(17)19)9-4-8(20-16-9)5-15-11(13)14;1-15-8-2-3-11(16(7-8)12(15)17)10-6-9(4-5-13)18-14-10;1-14-7-2-3-10(15(6-7)11(14)16)9-4-8(5-12)17-13-9/h8,10-11,13H,2-7,9H2,1H3,(H3,17,18);8,10-11,13,16H,2-7,9H2,1H3;7,9,12H,2-6,8H2,1H3,(H3,15,16);6,8,10H,2-5,7,14H2,1H3,(H,15,19);4,7,10H,2-3,5-6H2,1H3,(H4,13,14,15);6,8,11H,2-5,7,13H2,1H3;4,7,10H,2-3,5-6,12H2,1H3/t2*11-,13+;9-,12+;8-,10+;7-,10+;8-,11+;7-,10+/m1111111/s1. The minimum Gasteiger partial charge on any atom is -0.388 e. The number of carbonyl (C=O) groups excluding carboxylic acids is 8. The molecule has 142 heavy (non-hydrogen) atoms. The Balaban J connectivity index is 0.000000114. The summed E-state index contributed by atoms with van der Waals surface area (Å²) in [5.74, 6) is 5.71. The number of rotatable bonds is 21. The molecule has 15 amide bonds. The van der Waals surface area contributed by atoms with Crippen LogP contribution in [0.3, 0.4) is 0 Å². The quantitative estimate of drug-likeness (QED) is 0.0293. The van der Waals surface area contributed by atoms with E-state index in [-0.39, 0.29) is 127 Å². The number of aryl methyl sites for hydroxylation is 1. The summed E-state index contributed by atoms with van der Waals surface area (Å²) in [6.07, 6.45) is 20.3. The molecule has 14 bridgehead atoms. The number of piperidine rings is 9. The normalized spacial score (nSPS) is 26.8. The molecule has 23 rings (SSSR count). The Morgan fingerprint density at radius 1 is 0.380 bits per heavy atom. The summed E-state index contributed by atoms with van der Waals surface area (Å²) >= 11 is 0. The summed E-state index contributed by atoms with van der Waals surface area (Å²) in [6, 6.07) is 16.4. The number of likely N-dealkylation sites (tertiary alicyclic amines) is 1. The molecular formula is C93H138N34O15. The molecule has 16 saturated heterocycles. The molecule has 7 aromatic rings. The Hall–Kier alpha value is -13.3. The van der Waals surface area contributed by atoms with Crippen molar-refractivity contribution in [2.45, 2.75) is 251 Å². The molecule has 0 unspecified atom stereocenters.